The molecule has 0 unspecified atom stereocenters. The molecule has 0 saturated heterocycles. The van der Waals surface area contributed by atoms with Crippen LogP contribution in [0.2, 0.25) is 0 Å². The van der Waals surface area contributed by atoms with Crippen molar-refractivity contribution in [1.29, 1.82) is 0 Å². The maximum absolute atomic E-state index is 12.6. The minimum absolute atomic E-state index is 0.236. The zero-order valence-electron chi connectivity index (χ0n) is 13.3. The molecule has 0 spiro atoms. The Labute approximate surface area is 158 Å². The number of oxazole rings is 1. The van der Waals surface area contributed by atoms with Crippen LogP contribution in [0.1, 0.15) is 30.2 Å². The molecule has 4 rings (SSSR count). The normalized spacial score (nSPS) is 14.6. The van der Waals surface area contributed by atoms with Crippen LogP contribution in [0.4, 0.5) is 5.69 Å². The monoisotopic (exact) mass is 438 g/mol. The molecule has 1 N–H and O–H groups in total. The zero-order valence-corrected chi connectivity index (χ0v) is 16.5. The fraction of sp³-hybridized carbons (Fsp3) is 0.235. The van der Waals surface area contributed by atoms with Gasteiger partial charge in [-0.3, -0.25) is 4.72 Å². The van der Waals surface area contributed by atoms with Gasteiger partial charge in [-0.25, -0.2) is 13.4 Å². The van der Waals surface area contributed by atoms with Gasteiger partial charge in [-0.1, -0.05) is 6.07 Å². The highest BCUT2D eigenvalue weighted by Crippen LogP contribution is 2.41. The van der Waals surface area contributed by atoms with Crippen molar-refractivity contribution in [3.8, 4) is 10.6 Å². The van der Waals surface area contributed by atoms with E-state index in [1.165, 1.54) is 11.3 Å². The molecule has 25 heavy (non-hydrogen) atoms. The molecule has 1 aromatic carbocycles. The second-order valence-corrected chi connectivity index (χ2v) is 9.89. The second kappa shape index (κ2) is 6.26. The fourth-order valence-corrected chi connectivity index (χ4v) is 5.47. The van der Waals surface area contributed by atoms with Crippen molar-refractivity contribution >= 4 is 43.0 Å². The fourth-order valence-electron chi connectivity index (χ4n) is 2.42. The topological polar surface area (TPSA) is 72.2 Å². The predicted molar refractivity (Wildman–Crippen MR) is 101 cm³/mol. The molecule has 2 aromatic heterocycles. The first-order valence-electron chi connectivity index (χ1n) is 7.77. The number of aromatic nitrogens is 1. The number of thiophene rings is 1. The van der Waals surface area contributed by atoms with Gasteiger partial charge < -0.3 is 4.42 Å². The highest BCUT2D eigenvalue weighted by atomic mass is 79.9. The number of anilines is 1. The van der Waals surface area contributed by atoms with Crippen LogP contribution in [0, 0.1) is 6.92 Å². The molecule has 0 aliphatic heterocycles. The van der Waals surface area contributed by atoms with E-state index in [1.807, 2.05) is 19.1 Å². The van der Waals surface area contributed by atoms with Crippen LogP contribution < -0.4 is 4.72 Å². The summed E-state index contributed by atoms with van der Waals surface area (Å²) >= 11 is 4.56. The molecule has 1 aliphatic rings. The Morgan fingerprint density at radius 1 is 1.28 bits per heavy atom. The minimum Gasteiger partial charge on any atom is -0.440 e. The Hall–Kier alpha value is -1.64. The smallest absolute Gasteiger partial charge is 0.271 e. The van der Waals surface area contributed by atoms with E-state index in [-0.39, 0.29) is 4.21 Å². The van der Waals surface area contributed by atoms with Crippen molar-refractivity contribution in [3.63, 3.8) is 0 Å². The predicted octanol–water partition coefficient (Wildman–Crippen LogP) is 5.15. The van der Waals surface area contributed by atoms with E-state index in [0.717, 1.165) is 29.2 Å². The van der Waals surface area contributed by atoms with Crippen LogP contribution in [0.15, 0.2) is 49.6 Å². The number of hydrogen-bond donors (Lipinski definition) is 1. The Balaban J connectivity index is 1.59. The number of aryl methyl sites for hydroxylation is 1. The van der Waals surface area contributed by atoms with Gasteiger partial charge in [0.1, 0.15) is 4.21 Å². The van der Waals surface area contributed by atoms with Crippen LogP contribution in [-0.4, -0.2) is 13.4 Å². The summed E-state index contributed by atoms with van der Waals surface area (Å²) in [5, 5.41) is 0. The van der Waals surface area contributed by atoms with Gasteiger partial charge in [0.05, 0.1) is 16.8 Å². The minimum atomic E-state index is -3.66. The molecule has 1 fully saturated rings. The molecule has 0 amide bonds. The van der Waals surface area contributed by atoms with Crippen molar-refractivity contribution in [2.45, 2.75) is 29.9 Å². The third kappa shape index (κ3) is 3.51. The summed E-state index contributed by atoms with van der Waals surface area (Å²) < 4.78 is 34.6. The highest BCUT2D eigenvalue weighted by Gasteiger charge is 2.29. The van der Waals surface area contributed by atoms with E-state index in [2.05, 4.69) is 25.6 Å². The standard InChI is InChI=1S/C17H15BrN2O3S2/c1-10-2-5-13(12(18)8-10)20-25(21,22)16-7-6-15(24-16)14-9-19-17(23-14)11-3-4-11/h2,5-9,11,20H,3-4H2,1H3. The van der Waals surface area contributed by atoms with E-state index < -0.39 is 10.0 Å². The maximum atomic E-state index is 12.6. The zero-order chi connectivity index (χ0) is 17.6. The maximum Gasteiger partial charge on any atom is 0.271 e. The average molecular weight is 439 g/mol. The van der Waals surface area contributed by atoms with Gasteiger partial charge >= 0.3 is 0 Å². The van der Waals surface area contributed by atoms with E-state index >= 15 is 0 Å². The Morgan fingerprint density at radius 3 is 2.80 bits per heavy atom. The first-order valence-corrected chi connectivity index (χ1v) is 10.9. The summed E-state index contributed by atoms with van der Waals surface area (Å²) in [5.74, 6) is 1.79. The molecular weight excluding hydrogens is 424 g/mol. The largest absolute Gasteiger partial charge is 0.440 e. The van der Waals surface area contributed by atoms with Crippen LogP contribution >= 0.6 is 27.3 Å². The Morgan fingerprint density at radius 2 is 2.08 bits per heavy atom. The van der Waals surface area contributed by atoms with Crippen molar-refractivity contribution in [3.05, 3.63) is 52.5 Å². The molecule has 130 valence electrons. The molecule has 5 nitrogen and oxygen atoms in total. The first-order chi connectivity index (χ1) is 11.9. The molecule has 8 heteroatoms. The third-order valence-corrected chi connectivity index (χ3v) is 7.52. The Bertz CT molecular complexity index is 1040. The lowest BCUT2D eigenvalue weighted by Crippen LogP contribution is -2.11. The number of hydrogen-bond acceptors (Lipinski definition) is 5. The lowest BCUT2D eigenvalue weighted by Gasteiger charge is -2.08. The lowest BCUT2D eigenvalue weighted by molar-refractivity contribution is 0.510. The van der Waals surface area contributed by atoms with Crippen molar-refractivity contribution < 1.29 is 12.8 Å². The average Bonchev–Trinajstić information content (AvgIpc) is 3.09. The number of nitrogens with one attached hydrogen (secondary N) is 1. The van der Waals surface area contributed by atoms with E-state index in [0.29, 0.717) is 21.8 Å². The van der Waals surface area contributed by atoms with Crippen LogP contribution in [-0.2, 0) is 10.0 Å². The highest BCUT2D eigenvalue weighted by molar-refractivity contribution is 9.10. The molecule has 0 bridgehead atoms. The van der Waals surface area contributed by atoms with Crippen molar-refractivity contribution in [2.24, 2.45) is 0 Å². The van der Waals surface area contributed by atoms with Crippen LogP contribution in [0.3, 0.4) is 0 Å². The van der Waals surface area contributed by atoms with Gasteiger partial charge in [0.25, 0.3) is 10.0 Å². The van der Waals surface area contributed by atoms with Gasteiger partial charge in [-0.05, 0) is 65.5 Å². The van der Waals surface area contributed by atoms with E-state index in [1.54, 1.807) is 24.4 Å². The number of halogens is 1. The summed E-state index contributed by atoms with van der Waals surface area (Å²) in [6.45, 7) is 1.95. The molecule has 3 aromatic rings. The van der Waals surface area contributed by atoms with Gasteiger partial charge in [0.15, 0.2) is 11.7 Å². The van der Waals surface area contributed by atoms with Crippen LogP contribution in [0.5, 0.6) is 0 Å². The van der Waals surface area contributed by atoms with Gasteiger partial charge in [-0.15, -0.1) is 11.3 Å². The lowest BCUT2D eigenvalue weighted by atomic mass is 10.2. The van der Waals surface area contributed by atoms with E-state index in [9.17, 15) is 8.42 Å². The van der Waals surface area contributed by atoms with E-state index in [4.69, 9.17) is 4.42 Å². The molecule has 2 heterocycles. The molecular formula is C17H15BrN2O3S2. The SMILES string of the molecule is Cc1ccc(NS(=O)(=O)c2ccc(-c3cnc(C4CC4)o3)s2)c(Br)c1. The second-order valence-electron chi connectivity index (χ2n) is 6.04. The van der Waals surface area contributed by atoms with Gasteiger partial charge in [0.2, 0.25) is 0 Å². The molecule has 0 atom stereocenters. The molecule has 0 radical (unpaired) electrons. The summed E-state index contributed by atoms with van der Waals surface area (Å²) in [6, 6.07) is 8.80. The van der Waals surface area contributed by atoms with Crippen molar-refractivity contribution in [1.82, 2.24) is 4.98 Å². The molecule has 1 saturated carbocycles. The summed E-state index contributed by atoms with van der Waals surface area (Å²) in [5.41, 5.74) is 1.56. The van der Waals surface area contributed by atoms with Gasteiger partial charge in [0, 0.05) is 10.4 Å². The summed E-state index contributed by atoms with van der Waals surface area (Å²) in [7, 11) is -3.66. The summed E-state index contributed by atoms with van der Waals surface area (Å²) in [6.07, 6.45) is 3.89. The van der Waals surface area contributed by atoms with Crippen molar-refractivity contribution in [2.75, 3.05) is 4.72 Å². The quantitative estimate of drug-likeness (QED) is 0.597. The molecule has 1 aliphatic carbocycles. The number of benzene rings is 1. The van der Waals surface area contributed by atoms with Gasteiger partial charge in [-0.2, -0.15) is 0 Å². The first kappa shape index (κ1) is 16.8. The van der Waals surface area contributed by atoms with Crippen LogP contribution in [0.25, 0.3) is 10.6 Å². The number of rotatable bonds is 5. The Kier molecular flexibility index (Phi) is 4.21. The third-order valence-electron chi connectivity index (χ3n) is 3.91. The number of nitrogens with zero attached hydrogens (tertiary/aromatic N) is 1. The summed E-state index contributed by atoms with van der Waals surface area (Å²) in [4.78, 5) is 5.03. The number of sulfonamides is 1.